The van der Waals surface area contributed by atoms with Gasteiger partial charge in [-0.3, -0.25) is 0 Å². The van der Waals surface area contributed by atoms with Crippen LogP contribution in [0.25, 0.3) is 6.08 Å². The van der Waals surface area contributed by atoms with Gasteiger partial charge in [0.1, 0.15) is 17.4 Å². The van der Waals surface area contributed by atoms with Crippen molar-refractivity contribution in [2.24, 2.45) is 5.73 Å². The Bertz CT molecular complexity index is 457. The zero-order valence-electron chi connectivity index (χ0n) is 10.8. The number of nitrogens with zero attached hydrogens (tertiary/aromatic N) is 1. The average molecular weight is 262 g/mol. The molecule has 5 nitrogen and oxygen atoms in total. The summed E-state index contributed by atoms with van der Waals surface area (Å²) in [5.41, 5.74) is 5.36. The number of nitrogens with two attached hydrogens (primary N) is 1. The number of phenols is 1. The van der Waals surface area contributed by atoms with Crippen molar-refractivity contribution >= 4 is 12.0 Å². The minimum Gasteiger partial charge on any atom is -0.508 e. The number of hydrogen-bond acceptors (Lipinski definition) is 4. The smallest absolute Gasteiger partial charge is 0.346 e. The molecule has 0 spiro atoms. The molecule has 0 unspecified atom stereocenters. The van der Waals surface area contributed by atoms with Gasteiger partial charge in [0.2, 0.25) is 0 Å². The largest absolute Gasteiger partial charge is 0.508 e. The third-order valence-electron chi connectivity index (χ3n) is 2.11. The molecular formula is C14H18N2O3. The molecule has 1 aromatic carbocycles. The van der Waals surface area contributed by atoms with Gasteiger partial charge in [0.05, 0.1) is 0 Å². The number of nitriles is 1. The maximum absolute atomic E-state index is 10.5. The van der Waals surface area contributed by atoms with Crippen LogP contribution in [0.4, 0.5) is 0 Å². The highest BCUT2D eigenvalue weighted by molar-refractivity contribution is 5.96. The number of benzene rings is 1. The minimum atomic E-state index is -1.26. The first-order valence-corrected chi connectivity index (χ1v) is 5.89. The van der Waals surface area contributed by atoms with Crippen molar-refractivity contribution in [1.82, 2.24) is 0 Å². The lowest BCUT2D eigenvalue weighted by Crippen LogP contribution is -1.97. The van der Waals surface area contributed by atoms with Crippen LogP contribution in [0.2, 0.25) is 0 Å². The first-order chi connectivity index (χ1) is 9.04. The van der Waals surface area contributed by atoms with E-state index in [4.69, 9.17) is 21.2 Å². The van der Waals surface area contributed by atoms with Crippen molar-refractivity contribution in [1.29, 1.82) is 5.26 Å². The fraction of sp³-hybridized carbons (Fsp3) is 0.286. The Labute approximate surface area is 112 Å². The fourth-order valence-electron chi connectivity index (χ4n) is 1.08. The van der Waals surface area contributed by atoms with E-state index in [0.717, 1.165) is 6.54 Å². The van der Waals surface area contributed by atoms with Gasteiger partial charge in [0.25, 0.3) is 0 Å². The summed E-state index contributed by atoms with van der Waals surface area (Å²) in [6.07, 6.45) is 3.62. The highest BCUT2D eigenvalue weighted by atomic mass is 16.4. The normalized spacial score (nSPS) is 10.1. The van der Waals surface area contributed by atoms with Gasteiger partial charge in [-0.15, -0.1) is 0 Å². The molecule has 5 heteroatoms. The second kappa shape index (κ2) is 9.68. The van der Waals surface area contributed by atoms with Crippen molar-refractivity contribution in [3.8, 4) is 11.8 Å². The first-order valence-electron chi connectivity index (χ1n) is 5.89. The second-order valence-corrected chi connectivity index (χ2v) is 3.71. The van der Waals surface area contributed by atoms with E-state index in [1.165, 1.54) is 43.2 Å². The number of carbonyl (C=O) groups is 1. The summed E-state index contributed by atoms with van der Waals surface area (Å²) in [7, 11) is 0. The van der Waals surface area contributed by atoms with E-state index < -0.39 is 5.97 Å². The van der Waals surface area contributed by atoms with Crippen molar-refractivity contribution in [3.63, 3.8) is 0 Å². The van der Waals surface area contributed by atoms with Crippen LogP contribution in [0.1, 0.15) is 25.3 Å². The molecule has 0 atom stereocenters. The molecule has 4 N–H and O–H groups in total. The van der Waals surface area contributed by atoms with E-state index in [2.05, 4.69) is 6.92 Å². The molecule has 0 saturated carbocycles. The van der Waals surface area contributed by atoms with Gasteiger partial charge in [0.15, 0.2) is 0 Å². The van der Waals surface area contributed by atoms with Crippen molar-refractivity contribution in [2.75, 3.05) is 6.54 Å². The minimum absolute atomic E-state index is 0.0935. The number of rotatable bonds is 4. The third-order valence-corrected chi connectivity index (χ3v) is 2.11. The van der Waals surface area contributed by atoms with Gasteiger partial charge in [0, 0.05) is 0 Å². The summed E-state index contributed by atoms with van der Waals surface area (Å²) in [5, 5.41) is 26.0. The van der Waals surface area contributed by atoms with E-state index in [1.54, 1.807) is 6.07 Å². The Balaban J connectivity index is 0.000000555. The number of aromatic hydroxyl groups is 1. The fourth-order valence-corrected chi connectivity index (χ4v) is 1.08. The summed E-state index contributed by atoms with van der Waals surface area (Å²) in [5.74, 6) is -1.17. The number of aliphatic carboxylic acids is 1. The van der Waals surface area contributed by atoms with Crippen LogP contribution in [-0.4, -0.2) is 22.7 Å². The predicted molar refractivity (Wildman–Crippen MR) is 73.3 cm³/mol. The van der Waals surface area contributed by atoms with Crippen LogP contribution in [0.3, 0.4) is 0 Å². The molecule has 0 amide bonds. The van der Waals surface area contributed by atoms with Gasteiger partial charge >= 0.3 is 5.97 Å². The number of hydrogen-bond donors (Lipinski definition) is 3. The average Bonchev–Trinajstić information content (AvgIpc) is 2.39. The van der Waals surface area contributed by atoms with Crippen LogP contribution in [0, 0.1) is 11.3 Å². The molecule has 0 radical (unpaired) electrons. The Morgan fingerprint density at radius 1 is 1.42 bits per heavy atom. The lowest BCUT2D eigenvalue weighted by atomic mass is 10.1. The van der Waals surface area contributed by atoms with Gasteiger partial charge < -0.3 is 15.9 Å². The van der Waals surface area contributed by atoms with E-state index in [1.807, 2.05) is 0 Å². The summed E-state index contributed by atoms with van der Waals surface area (Å²) < 4.78 is 0. The highest BCUT2D eigenvalue weighted by Gasteiger charge is 2.04. The molecule has 1 aromatic rings. The van der Waals surface area contributed by atoms with Crippen LogP contribution >= 0.6 is 0 Å². The summed E-state index contributed by atoms with van der Waals surface area (Å²) >= 11 is 0. The maximum Gasteiger partial charge on any atom is 0.346 e. The highest BCUT2D eigenvalue weighted by Crippen LogP contribution is 2.12. The summed E-state index contributed by atoms with van der Waals surface area (Å²) in [6.45, 7) is 2.98. The summed E-state index contributed by atoms with van der Waals surface area (Å²) in [6, 6.07) is 7.45. The Morgan fingerprint density at radius 3 is 2.32 bits per heavy atom. The van der Waals surface area contributed by atoms with Crippen LogP contribution < -0.4 is 5.73 Å². The molecular weight excluding hydrogens is 244 g/mol. The molecule has 0 aliphatic carbocycles. The van der Waals surface area contributed by atoms with Crippen molar-refractivity contribution < 1.29 is 15.0 Å². The van der Waals surface area contributed by atoms with Crippen LogP contribution in [0.5, 0.6) is 5.75 Å². The molecule has 0 saturated heterocycles. The van der Waals surface area contributed by atoms with E-state index in [9.17, 15) is 4.79 Å². The van der Waals surface area contributed by atoms with Crippen molar-refractivity contribution in [2.45, 2.75) is 19.8 Å². The molecule has 0 bridgehead atoms. The SMILES string of the molecule is CCCCN.N#C/C(=C/c1ccc(O)cc1)C(=O)O. The number of carboxylic acids is 1. The molecule has 0 fully saturated rings. The molecule has 0 aliphatic heterocycles. The second-order valence-electron chi connectivity index (χ2n) is 3.71. The topological polar surface area (TPSA) is 107 Å². The molecule has 0 aliphatic rings. The molecule has 102 valence electrons. The van der Waals surface area contributed by atoms with Gasteiger partial charge in [-0.1, -0.05) is 25.5 Å². The zero-order valence-corrected chi connectivity index (χ0v) is 10.8. The zero-order chi connectivity index (χ0) is 14.7. The number of unbranched alkanes of at least 4 members (excludes halogenated alkanes) is 1. The molecule has 19 heavy (non-hydrogen) atoms. The molecule has 0 heterocycles. The van der Waals surface area contributed by atoms with Crippen LogP contribution in [0.15, 0.2) is 29.8 Å². The lowest BCUT2D eigenvalue weighted by molar-refractivity contribution is -0.132. The van der Waals surface area contributed by atoms with Crippen LogP contribution in [-0.2, 0) is 4.79 Å². The summed E-state index contributed by atoms with van der Waals surface area (Å²) in [4.78, 5) is 10.5. The van der Waals surface area contributed by atoms with E-state index in [-0.39, 0.29) is 11.3 Å². The van der Waals surface area contributed by atoms with Gasteiger partial charge in [-0.2, -0.15) is 5.26 Å². The van der Waals surface area contributed by atoms with Gasteiger partial charge in [-0.05, 0) is 36.7 Å². The Kier molecular flexibility index (Phi) is 8.50. The Hall–Kier alpha value is -2.32. The first kappa shape index (κ1) is 16.7. The third kappa shape index (κ3) is 7.58. The maximum atomic E-state index is 10.5. The van der Waals surface area contributed by atoms with E-state index >= 15 is 0 Å². The quantitative estimate of drug-likeness (QED) is 0.569. The molecule has 1 rings (SSSR count). The monoisotopic (exact) mass is 262 g/mol. The lowest BCUT2D eigenvalue weighted by Gasteiger charge is -1.94. The number of carboxylic acid groups (broad SMARTS) is 1. The van der Waals surface area contributed by atoms with E-state index in [0.29, 0.717) is 5.56 Å². The number of phenolic OH excluding ortho intramolecular Hbond substituents is 1. The van der Waals surface area contributed by atoms with Crippen molar-refractivity contribution in [3.05, 3.63) is 35.4 Å². The van der Waals surface area contributed by atoms with Gasteiger partial charge in [-0.25, -0.2) is 4.79 Å². The molecule has 0 aromatic heterocycles. The Morgan fingerprint density at radius 2 is 2.00 bits per heavy atom. The predicted octanol–water partition coefficient (Wildman–Crippen LogP) is 2.13. The standard InChI is InChI=1S/C10H7NO3.C4H11N/c11-6-8(10(13)14)5-7-1-3-9(12)4-2-7;1-2-3-4-5/h1-5,12H,(H,13,14);2-5H2,1H3/b8-5-;.